The van der Waals surface area contributed by atoms with Gasteiger partial charge in [-0.3, -0.25) is 0 Å². The zero-order chi connectivity index (χ0) is 20.8. The Hall–Kier alpha value is -3.71. The average molecular weight is 417 g/mol. The summed E-state index contributed by atoms with van der Waals surface area (Å²) >= 11 is 1.55. The highest BCUT2D eigenvalue weighted by molar-refractivity contribution is 7.20. The van der Waals surface area contributed by atoms with E-state index in [-0.39, 0.29) is 5.75 Å². The third kappa shape index (κ3) is 4.82. The van der Waals surface area contributed by atoms with Gasteiger partial charge in [0.1, 0.15) is 11.5 Å². The van der Waals surface area contributed by atoms with Crippen LogP contribution in [0.2, 0.25) is 0 Å². The second-order valence-corrected chi connectivity index (χ2v) is 7.38. The van der Waals surface area contributed by atoms with Gasteiger partial charge in [0.2, 0.25) is 0 Å². The first-order valence-electron chi connectivity index (χ1n) is 9.47. The summed E-state index contributed by atoms with van der Waals surface area (Å²) in [5, 5.41) is 22.1. The van der Waals surface area contributed by atoms with Crippen LogP contribution in [0.15, 0.2) is 83.0 Å². The van der Waals surface area contributed by atoms with Crippen molar-refractivity contribution in [1.82, 2.24) is 4.98 Å². The molecule has 0 fully saturated rings. The summed E-state index contributed by atoms with van der Waals surface area (Å²) < 4.78 is 6.58. The second-order valence-electron chi connectivity index (χ2n) is 6.35. The molecule has 0 spiro atoms. The van der Waals surface area contributed by atoms with E-state index in [0.29, 0.717) is 12.4 Å². The summed E-state index contributed by atoms with van der Waals surface area (Å²) in [5.41, 5.74) is 2.61. The Bertz CT molecular complexity index is 1150. The summed E-state index contributed by atoms with van der Waals surface area (Å²) in [4.78, 5) is 4.69. The Morgan fingerprint density at radius 1 is 1.07 bits per heavy atom. The highest BCUT2D eigenvalue weighted by Crippen LogP contribution is 2.23. The fourth-order valence-electron chi connectivity index (χ4n) is 2.75. The molecular formula is C23H20N4O2S. The van der Waals surface area contributed by atoms with Crippen LogP contribution in [0, 0.1) is 0 Å². The molecule has 7 heteroatoms. The van der Waals surface area contributed by atoms with Gasteiger partial charge in [0.15, 0.2) is 10.8 Å². The van der Waals surface area contributed by atoms with Gasteiger partial charge in [-0.25, -0.2) is 4.98 Å². The fourth-order valence-corrected chi connectivity index (χ4v) is 3.65. The quantitative estimate of drug-likeness (QED) is 0.254. The minimum atomic E-state index is 0.211. The molecule has 6 nitrogen and oxygen atoms in total. The summed E-state index contributed by atoms with van der Waals surface area (Å²) in [6.45, 7) is 2.58. The van der Waals surface area contributed by atoms with E-state index in [9.17, 15) is 5.11 Å². The Balaban J connectivity index is 1.63. The van der Waals surface area contributed by atoms with Gasteiger partial charge < -0.3 is 15.2 Å². The second kappa shape index (κ2) is 9.19. The third-order valence-electron chi connectivity index (χ3n) is 4.18. The van der Waals surface area contributed by atoms with Gasteiger partial charge in [0.05, 0.1) is 23.0 Å². The summed E-state index contributed by atoms with van der Waals surface area (Å²) in [6, 6.07) is 22.4. The highest BCUT2D eigenvalue weighted by Gasteiger charge is 2.11. The number of benzene rings is 3. The number of ether oxygens (including phenoxy) is 1. The third-order valence-corrected chi connectivity index (χ3v) is 5.23. The van der Waals surface area contributed by atoms with Crippen LogP contribution in [0.5, 0.6) is 11.5 Å². The van der Waals surface area contributed by atoms with E-state index < -0.39 is 0 Å². The fraction of sp³-hybridized carbons (Fsp3) is 0.0870. The van der Waals surface area contributed by atoms with Gasteiger partial charge >= 0.3 is 0 Å². The first-order valence-corrected chi connectivity index (χ1v) is 10.3. The minimum absolute atomic E-state index is 0.211. The number of amidine groups is 1. The lowest BCUT2D eigenvalue weighted by Gasteiger charge is -2.08. The van der Waals surface area contributed by atoms with Crippen LogP contribution in [-0.4, -0.2) is 28.7 Å². The normalized spacial score (nSPS) is 11.8. The average Bonchev–Trinajstić information content (AvgIpc) is 3.20. The van der Waals surface area contributed by atoms with E-state index in [1.165, 1.54) is 0 Å². The molecule has 0 amide bonds. The molecule has 30 heavy (non-hydrogen) atoms. The molecule has 0 aliphatic rings. The topological polar surface area (TPSA) is 79.1 Å². The molecule has 0 atom stereocenters. The molecule has 4 aromatic rings. The molecule has 0 bridgehead atoms. The first kappa shape index (κ1) is 19.6. The molecule has 0 saturated heterocycles. The Kier molecular flexibility index (Phi) is 6.01. The number of para-hydroxylation sites is 1. The smallest absolute Gasteiger partial charge is 0.189 e. The van der Waals surface area contributed by atoms with E-state index in [2.05, 4.69) is 20.5 Å². The maximum Gasteiger partial charge on any atom is 0.189 e. The lowest BCUT2D eigenvalue weighted by atomic mass is 10.2. The molecule has 1 aromatic heterocycles. The van der Waals surface area contributed by atoms with Crippen LogP contribution < -0.4 is 10.1 Å². The molecular weight excluding hydrogens is 396 g/mol. The number of aromatic nitrogens is 1. The standard InChI is InChI=1S/C23H20N4O2S/c1-2-29-19-13-9-17(10-14-19)25-22(23-26-20-5-3-4-6-21(20)30-23)27-24-15-16-7-11-18(28)12-8-16/h3-15,28H,2H2,1H3,(H,25,27)/b24-15+. The van der Waals surface area contributed by atoms with Gasteiger partial charge in [-0.05, 0) is 73.2 Å². The summed E-state index contributed by atoms with van der Waals surface area (Å²) in [5.74, 6) is 1.57. The molecule has 0 unspecified atom stereocenters. The SMILES string of the molecule is CCOc1ccc(N/C(=N\N=C\c2ccc(O)cc2)c2nc3ccccc3s2)cc1. The number of aromatic hydroxyl groups is 1. The van der Waals surface area contributed by atoms with Crippen LogP contribution in [0.4, 0.5) is 5.69 Å². The number of thiazole rings is 1. The zero-order valence-electron chi connectivity index (χ0n) is 16.3. The number of phenols is 1. The first-order chi connectivity index (χ1) is 14.7. The number of nitrogens with zero attached hydrogens (tertiary/aromatic N) is 3. The molecule has 2 N–H and O–H groups in total. The van der Waals surface area contributed by atoms with Crippen molar-refractivity contribution in [2.75, 3.05) is 11.9 Å². The lowest BCUT2D eigenvalue weighted by Crippen LogP contribution is -2.13. The van der Waals surface area contributed by atoms with Crippen LogP contribution in [0.3, 0.4) is 0 Å². The molecule has 0 aliphatic carbocycles. The van der Waals surface area contributed by atoms with Crippen molar-refractivity contribution in [2.45, 2.75) is 6.92 Å². The molecule has 0 radical (unpaired) electrons. The molecule has 4 rings (SSSR count). The van der Waals surface area contributed by atoms with Crippen molar-refractivity contribution in [1.29, 1.82) is 0 Å². The maximum atomic E-state index is 9.41. The van der Waals surface area contributed by atoms with Gasteiger partial charge in [-0.1, -0.05) is 12.1 Å². The van der Waals surface area contributed by atoms with E-state index >= 15 is 0 Å². The molecule has 3 aromatic carbocycles. The Morgan fingerprint density at radius 2 is 1.83 bits per heavy atom. The number of hydrogen-bond donors (Lipinski definition) is 2. The van der Waals surface area contributed by atoms with E-state index in [1.807, 2.05) is 55.5 Å². The number of anilines is 1. The van der Waals surface area contributed by atoms with Crippen LogP contribution in [0.1, 0.15) is 17.5 Å². The monoisotopic (exact) mass is 416 g/mol. The van der Waals surface area contributed by atoms with Crippen molar-refractivity contribution < 1.29 is 9.84 Å². The number of hydrogen-bond acceptors (Lipinski definition) is 6. The minimum Gasteiger partial charge on any atom is -0.508 e. The molecule has 1 heterocycles. The van der Waals surface area contributed by atoms with Crippen molar-refractivity contribution in [3.63, 3.8) is 0 Å². The van der Waals surface area contributed by atoms with Crippen molar-refractivity contribution >= 4 is 39.3 Å². The summed E-state index contributed by atoms with van der Waals surface area (Å²) in [6.07, 6.45) is 1.63. The predicted octanol–water partition coefficient (Wildman–Crippen LogP) is 5.29. The largest absolute Gasteiger partial charge is 0.508 e. The van der Waals surface area contributed by atoms with Crippen molar-refractivity contribution in [3.05, 3.63) is 83.4 Å². The van der Waals surface area contributed by atoms with E-state index in [4.69, 9.17) is 4.74 Å². The zero-order valence-corrected chi connectivity index (χ0v) is 17.1. The summed E-state index contributed by atoms with van der Waals surface area (Å²) in [7, 11) is 0. The molecule has 150 valence electrons. The van der Waals surface area contributed by atoms with Crippen LogP contribution in [-0.2, 0) is 0 Å². The van der Waals surface area contributed by atoms with Gasteiger partial charge in [0.25, 0.3) is 0 Å². The van der Waals surface area contributed by atoms with Gasteiger partial charge in [-0.2, -0.15) is 5.10 Å². The number of nitrogens with one attached hydrogen (secondary N) is 1. The number of phenolic OH excluding ortho intramolecular Hbond substituents is 1. The van der Waals surface area contributed by atoms with Crippen LogP contribution >= 0.6 is 11.3 Å². The van der Waals surface area contributed by atoms with Crippen molar-refractivity contribution in [2.24, 2.45) is 10.2 Å². The number of fused-ring (bicyclic) bond motifs is 1. The Labute approximate surface area is 178 Å². The van der Waals surface area contributed by atoms with E-state index in [1.54, 1.807) is 41.8 Å². The van der Waals surface area contributed by atoms with Crippen molar-refractivity contribution in [3.8, 4) is 11.5 Å². The molecule has 0 saturated carbocycles. The lowest BCUT2D eigenvalue weighted by molar-refractivity contribution is 0.340. The van der Waals surface area contributed by atoms with Crippen LogP contribution in [0.25, 0.3) is 10.2 Å². The maximum absolute atomic E-state index is 9.41. The molecule has 0 aliphatic heterocycles. The highest BCUT2D eigenvalue weighted by atomic mass is 32.1. The number of rotatable bonds is 6. The van der Waals surface area contributed by atoms with E-state index in [0.717, 1.165) is 32.2 Å². The van der Waals surface area contributed by atoms with Gasteiger partial charge in [0, 0.05) is 5.69 Å². The predicted molar refractivity (Wildman–Crippen MR) is 123 cm³/mol. The Morgan fingerprint density at radius 3 is 2.57 bits per heavy atom. The van der Waals surface area contributed by atoms with Gasteiger partial charge in [-0.15, -0.1) is 16.4 Å².